The lowest BCUT2D eigenvalue weighted by molar-refractivity contribution is -0.0121. The fourth-order valence-corrected chi connectivity index (χ4v) is 2.88. The summed E-state index contributed by atoms with van der Waals surface area (Å²) >= 11 is 0. The Morgan fingerprint density at radius 1 is 1.28 bits per heavy atom. The summed E-state index contributed by atoms with van der Waals surface area (Å²) in [4.78, 5) is 2.57. The van der Waals surface area contributed by atoms with Crippen LogP contribution in [0.3, 0.4) is 0 Å². The number of nitrogens with two attached hydrogens (primary N) is 1. The molecule has 1 fully saturated rings. The Bertz CT molecular complexity index is 208. The maximum atomic E-state index is 6.00. The summed E-state index contributed by atoms with van der Waals surface area (Å²) in [6.45, 7) is 11.9. The van der Waals surface area contributed by atoms with E-state index in [2.05, 4.69) is 25.7 Å². The van der Waals surface area contributed by atoms with E-state index < -0.39 is 0 Å². The number of likely N-dealkylation sites (tertiary alicyclic amines) is 1. The molecule has 1 aliphatic rings. The molecule has 1 atom stereocenters. The van der Waals surface area contributed by atoms with E-state index in [4.69, 9.17) is 10.5 Å². The summed E-state index contributed by atoms with van der Waals surface area (Å²) in [5.74, 6) is 0. The van der Waals surface area contributed by atoms with E-state index >= 15 is 0 Å². The van der Waals surface area contributed by atoms with Crippen LogP contribution in [0.4, 0.5) is 0 Å². The molecule has 0 aromatic carbocycles. The zero-order valence-corrected chi connectivity index (χ0v) is 12.6. The van der Waals surface area contributed by atoms with Crippen molar-refractivity contribution in [3.63, 3.8) is 0 Å². The molecule has 0 saturated carbocycles. The lowest BCUT2D eigenvalue weighted by atomic mass is 9.81. The smallest absolute Gasteiger partial charge is 0.0702 e. The van der Waals surface area contributed by atoms with Crippen molar-refractivity contribution in [1.29, 1.82) is 0 Å². The zero-order valence-electron chi connectivity index (χ0n) is 12.6. The second kappa shape index (κ2) is 8.13. The van der Waals surface area contributed by atoms with Gasteiger partial charge in [-0.3, -0.25) is 0 Å². The number of rotatable bonds is 8. The lowest BCUT2D eigenvalue weighted by Crippen LogP contribution is -2.47. The van der Waals surface area contributed by atoms with Crippen molar-refractivity contribution < 1.29 is 4.74 Å². The van der Waals surface area contributed by atoms with Crippen molar-refractivity contribution >= 4 is 0 Å². The first kappa shape index (κ1) is 15.9. The highest BCUT2D eigenvalue weighted by atomic mass is 16.5. The Hall–Kier alpha value is -0.120. The number of piperidine rings is 1. The van der Waals surface area contributed by atoms with Gasteiger partial charge in [-0.1, -0.05) is 20.8 Å². The maximum Gasteiger partial charge on any atom is 0.0702 e. The van der Waals surface area contributed by atoms with E-state index in [1.807, 2.05) is 0 Å². The van der Waals surface area contributed by atoms with Gasteiger partial charge in [0.15, 0.2) is 0 Å². The van der Waals surface area contributed by atoms with E-state index in [9.17, 15) is 0 Å². The predicted molar refractivity (Wildman–Crippen MR) is 77.8 cm³/mol. The van der Waals surface area contributed by atoms with Crippen LogP contribution in [0.1, 0.15) is 52.9 Å². The van der Waals surface area contributed by atoms with E-state index in [1.54, 1.807) is 0 Å². The second-order valence-electron chi connectivity index (χ2n) is 5.78. The SMILES string of the molecule is CCCOC1CCCN(CC(CC)(CC)CN)C1. The van der Waals surface area contributed by atoms with Gasteiger partial charge in [-0.05, 0) is 50.6 Å². The Morgan fingerprint density at radius 3 is 2.56 bits per heavy atom. The summed E-state index contributed by atoms with van der Waals surface area (Å²) in [5, 5.41) is 0. The van der Waals surface area contributed by atoms with Gasteiger partial charge in [0, 0.05) is 19.7 Å². The first-order valence-electron chi connectivity index (χ1n) is 7.73. The molecule has 3 heteroatoms. The van der Waals surface area contributed by atoms with Crippen LogP contribution in [0.2, 0.25) is 0 Å². The summed E-state index contributed by atoms with van der Waals surface area (Å²) in [7, 11) is 0. The van der Waals surface area contributed by atoms with Crippen molar-refractivity contribution in [3.05, 3.63) is 0 Å². The maximum absolute atomic E-state index is 6.00. The highest BCUT2D eigenvalue weighted by molar-refractivity contribution is 4.84. The molecule has 1 saturated heterocycles. The van der Waals surface area contributed by atoms with E-state index in [-0.39, 0.29) is 0 Å². The third kappa shape index (κ3) is 4.52. The van der Waals surface area contributed by atoms with Gasteiger partial charge in [0.05, 0.1) is 6.10 Å². The van der Waals surface area contributed by atoms with E-state index in [0.717, 1.165) is 32.7 Å². The van der Waals surface area contributed by atoms with Gasteiger partial charge in [0.1, 0.15) is 0 Å². The second-order valence-corrected chi connectivity index (χ2v) is 5.78. The fraction of sp³-hybridized carbons (Fsp3) is 1.00. The van der Waals surface area contributed by atoms with Crippen LogP contribution in [0.25, 0.3) is 0 Å². The molecule has 3 nitrogen and oxygen atoms in total. The zero-order chi connectivity index (χ0) is 13.4. The molecule has 0 spiro atoms. The molecular formula is C15H32N2O. The topological polar surface area (TPSA) is 38.5 Å². The molecule has 0 radical (unpaired) electrons. The molecule has 1 aliphatic heterocycles. The van der Waals surface area contributed by atoms with Crippen molar-refractivity contribution in [2.24, 2.45) is 11.1 Å². The van der Waals surface area contributed by atoms with Crippen molar-refractivity contribution in [2.75, 3.05) is 32.8 Å². The lowest BCUT2D eigenvalue weighted by Gasteiger charge is -2.40. The molecule has 0 bridgehead atoms. The van der Waals surface area contributed by atoms with Crippen molar-refractivity contribution in [2.45, 2.75) is 59.0 Å². The van der Waals surface area contributed by atoms with Crippen LogP contribution < -0.4 is 5.73 Å². The van der Waals surface area contributed by atoms with Gasteiger partial charge in [-0.2, -0.15) is 0 Å². The Labute approximate surface area is 113 Å². The summed E-state index contributed by atoms with van der Waals surface area (Å²) in [5.41, 5.74) is 6.32. The van der Waals surface area contributed by atoms with Crippen LogP contribution in [0.15, 0.2) is 0 Å². The van der Waals surface area contributed by atoms with Crippen LogP contribution in [0, 0.1) is 5.41 Å². The molecule has 0 aromatic rings. The average molecular weight is 256 g/mol. The molecule has 0 aliphatic carbocycles. The average Bonchev–Trinajstić information content (AvgIpc) is 2.43. The minimum atomic E-state index is 0.312. The molecular weight excluding hydrogens is 224 g/mol. The highest BCUT2D eigenvalue weighted by Crippen LogP contribution is 2.28. The van der Waals surface area contributed by atoms with Crippen LogP contribution in [-0.2, 0) is 4.74 Å². The monoisotopic (exact) mass is 256 g/mol. The van der Waals surface area contributed by atoms with Crippen LogP contribution in [0.5, 0.6) is 0 Å². The standard InChI is InChI=1S/C15H32N2O/c1-4-10-18-14-8-7-9-17(11-14)13-15(5-2,6-3)12-16/h14H,4-13,16H2,1-3H3. The van der Waals surface area contributed by atoms with Gasteiger partial charge in [-0.25, -0.2) is 0 Å². The fourth-order valence-electron chi connectivity index (χ4n) is 2.88. The number of nitrogens with zero attached hydrogens (tertiary/aromatic N) is 1. The minimum Gasteiger partial charge on any atom is -0.377 e. The normalized spacial score (nSPS) is 22.3. The number of hydrogen-bond acceptors (Lipinski definition) is 3. The predicted octanol–water partition coefficient (Wildman–Crippen LogP) is 2.64. The third-order valence-corrected chi connectivity index (χ3v) is 4.51. The van der Waals surface area contributed by atoms with E-state index in [0.29, 0.717) is 11.5 Å². The van der Waals surface area contributed by atoms with Crippen molar-refractivity contribution in [1.82, 2.24) is 4.90 Å². The highest BCUT2D eigenvalue weighted by Gasteiger charge is 2.30. The van der Waals surface area contributed by atoms with Crippen LogP contribution >= 0.6 is 0 Å². The van der Waals surface area contributed by atoms with Gasteiger partial charge >= 0.3 is 0 Å². The Balaban J connectivity index is 2.45. The number of hydrogen-bond donors (Lipinski definition) is 1. The van der Waals surface area contributed by atoms with E-state index in [1.165, 1.54) is 32.2 Å². The first-order chi connectivity index (χ1) is 8.69. The van der Waals surface area contributed by atoms with Gasteiger partial charge < -0.3 is 15.4 Å². The molecule has 1 heterocycles. The molecule has 108 valence electrons. The van der Waals surface area contributed by atoms with Gasteiger partial charge in [-0.15, -0.1) is 0 Å². The molecule has 2 N–H and O–H groups in total. The van der Waals surface area contributed by atoms with Gasteiger partial charge in [0.2, 0.25) is 0 Å². The summed E-state index contributed by atoms with van der Waals surface area (Å²) in [6.07, 6.45) is 6.41. The number of ether oxygens (including phenoxy) is 1. The van der Waals surface area contributed by atoms with Gasteiger partial charge in [0.25, 0.3) is 0 Å². The van der Waals surface area contributed by atoms with Crippen LogP contribution in [-0.4, -0.2) is 43.8 Å². The largest absolute Gasteiger partial charge is 0.377 e. The molecule has 0 aromatic heterocycles. The Morgan fingerprint density at radius 2 is 2.00 bits per heavy atom. The summed E-state index contributed by atoms with van der Waals surface area (Å²) < 4.78 is 5.90. The quantitative estimate of drug-likeness (QED) is 0.725. The molecule has 1 rings (SSSR count). The Kier molecular flexibility index (Phi) is 7.20. The molecule has 18 heavy (non-hydrogen) atoms. The summed E-state index contributed by atoms with van der Waals surface area (Å²) in [6, 6.07) is 0. The minimum absolute atomic E-state index is 0.312. The molecule has 0 amide bonds. The van der Waals surface area contributed by atoms with Crippen molar-refractivity contribution in [3.8, 4) is 0 Å². The third-order valence-electron chi connectivity index (χ3n) is 4.51. The molecule has 1 unspecified atom stereocenters. The first-order valence-corrected chi connectivity index (χ1v) is 7.73.